The van der Waals surface area contributed by atoms with Crippen LogP contribution in [0, 0.1) is 6.92 Å². The average molecular weight is 415 g/mol. The van der Waals surface area contributed by atoms with Crippen LogP contribution in [-0.2, 0) is 26.9 Å². The van der Waals surface area contributed by atoms with Crippen molar-refractivity contribution in [2.45, 2.75) is 24.2 Å². The van der Waals surface area contributed by atoms with Gasteiger partial charge in [0.25, 0.3) is 0 Å². The summed E-state index contributed by atoms with van der Waals surface area (Å²) < 4.78 is 30.5. The fourth-order valence-electron chi connectivity index (χ4n) is 2.68. The molecule has 0 aliphatic rings. The molecule has 0 bridgehead atoms. The molecule has 6 heteroatoms. The number of sulfone groups is 1. The molecule has 28 heavy (non-hydrogen) atoms. The van der Waals surface area contributed by atoms with Crippen molar-refractivity contribution in [3.8, 4) is 0 Å². The lowest BCUT2D eigenvalue weighted by molar-refractivity contribution is 0.0472. The first-order valence-corrected chi connectivity index (χ1v) is 10.7. The Kier molecular flexibility index (Phi) is 6.17. The average Bonchev–Trinajstić information content (AvgIpc) is 2.67. The summed E-state index contributed by atoms with van der Waals surface area (Å²) >= 11 is 6.06. The second kappa shape index (κ2) is 8.59. The van der Waals surface area contributed by atoms with E-state index >= 15 is 0 Å². The van der Waals surface area contributed by atoms with Crippen molar-refractivity contribution in [2.24, 2.45) is 0 Å². The van der Waals surface area contributed by atoms with Gasteiger partial charge < -0.3 is 4.74 Å². The molecule has 0 spiro atoms. The largest absolute Gasteiger partial charge is 0.457 e. The predicted molar refractivity (Wildman–Crippen MR) is 109 cm³/mol. The van der Waals surface area contributed by atoms with Crippen molar-refractivity contribution in [3.63, 3.8) is 0 Å². The summed E-state index contributed by atoms with van der Waals surface area (Å²) in [5.74, 6) is -0.726. The van der Waals surface area contributed by atoms with Gasteiger partial charge in [0.1, 0.15) is 6.61 Å². The van der Waals surface area contributed by atoms with E-state index in [0.717, 1.165) is 5.56 Å². The lowest BCUT2D eigenvalue weighted by atomic mass is 10.1. The molecule has 3 aromatic carbocycles. The number of hydrogen-bond donors (Lipinski definition) is 0. The maximum Gasteiger partial charge on any atom is 0.338 e. The molecule has 0 saturated heterocycles. The number of esters is 1. The fourth-order valence-corrected chi connectivity index (χ4v) is 4.20. The summed E-state index contributed by atoms with van der Waals surface area (Å²) in [5.41, 5.74) is 2.51. The first-order chi connectivity index (χ1) is 13.3. The van der Waals surface area contributed by atoms with Crippen LogP contribution in [0.4, 0.5) is 0 Å². The van der Waals surface area contributed by atoms with E-state index in [9.17, 15) is 13.2 Å². The minimum atomic E-state index is -3.50. The highest BCUT2D eigenvalue weighted by Crippen LogP contribution is 2.19. The van der Waals surface area contributed by atoms with E-state index < -0.39 is 15.8 Å². The molecule has 4 nitrogen and oxygen atoms in total. The molecular weight excluding hydrogens is 396 g/mol. The zero-order valence-corrected chi connectivity index (χ0v) is 16.8. The minimum absolute atomic E-state index is 0.0460. The van der Waals surface area contributed by atoms with Crippen LogP contribution in [0.15, 0.2) is 77.7 Å². The molecule has 3 rings (SSSR count). The summed E-state index contributed by atoms with van der Waals surface area (Å²) in [7, 11) is -3.50. The predicted octanol–water partition coefficient (Wildman–Crippen LogP) is 4.98. The minimum Gasteiger partial charge on any atom is -0.457 e. The third-order valence-electron chi connectivity index (χ3n) is 4.22. The van der Waals surface area contributed by atoms with Gasteiger partial charge in [0.2, 0.25) is 0 Å². The molecule has 0 amide bonds. The fraction of sp³-hybridized carbons (Fsp3) is 0.136. The summed E-state index contributed by atoms with van der Waals surface area (Å²) in [6.45, 7) is 1.94. The molecule has 0 fully saturated rings. The van der Waals surface area contributed by atoms with Crippen molar-refractivity contribution < 1.29 is 17.9 Å². The van der Waals surface area contributed by atoms with Crippen molar-refractivity contribution in [1.82, 2.24) is 0 Å². The van der Waals surface area contributed by atoms with E-state index in [4.69, 9.17) is 16.3 Å². The van der Waals surface area contributed by atoms with Crippen molar-refractivity contribution >= 4 is 27.4 Å². The molecule has 3 aromatic rings. The third-order valence-corrected chi connectivity index (χ3v) is 6.29. The number of rotatable bonds is 6. The van der Waals surface area contributed by atoms with Gasteiger partial charge in [-0.2, -0.15) is 0 Å². The van der Waals surface area contributed by atoms with Gasteiger partial charge in [-0.15, -0.1) is 0 Å². The molecule has 144 valence electrons. The summed E-state index contributed by atoms with van der Waals surface area (Å²) in [6.07, 6.45) is 0. The Labute approximate surface area is 169 Å². The Morgan fingerprint density at radius 3 is 2.39 bits per heavy atom. The first kappa shape index (κ1) is 20.1. The molecule has 0 aromatic heterocycles. The first-order valence-electron chi connectivity index (χ1n) is 8.64. The number of ether oxygens (including phenoxy) is 1. The van der Waals surface area contributed by atoms with Crippen LogP contribution < -0.4 is 0 Å². The molecule has 0 atom stereocenters. The number of aryl methyl sites for hydroxylation is 1. The van der Waals surface area contributed by atoms with Gasteiger partial charge in [0.15, 0.2) is 9.84 Å². The van der Waals surface area contributed by atoms with Gasteiger partial charge >= 0.3 is 5.97 Å². The van der Waals surface area contributed by atoms with E-state index in [1.165, 1.54) is 0 Å². The van der Waals surface area contributed by atoms with Gasteiger partial charge in [-0.25, -0.2) is 13.2 Å². The van der Waals surface area contributed by atoms with Gasteiger partial charge in [-0.3, -0.25) is 0 Å². The van der Waals surface area contributed by atoms with Crippen LogP contribution in [0.5, 0.6) is 0 Å². The van der Waals surface area contributed by atoms with E-state index in [2.05, 4.69) is 0 Å². The molecular formula is C22H19ClO4S. The standard InChI is InChI=1S/C22H19ClO4S/c1-16-9-11-20(12-10-16)28(25,26)15-17-5-4-7-18(13-17)22(24)27-14-19-6-2-3-8-21(19)23/h2-13H,14-15H2,1H3. The highest BCUT2D eigenvalue weighted by Gasteiger charge is 2.17. The van der Waals surface area contributed by atoms with Crippen LogP contribution in [0.1, 0.15) is 27.0 Å². The number of carbonyl (C=O) groups excluding carboxylic acids is 1. The van der Waals surface area contributed by atoms with Crippen molar-refractivity contribution in [2.75, 3.05) is 0 Å². The van der Waals surface area contributed by atoms with Crippen LogP contribution in [0.3, 0.4) is 0 Å². The van der Waals surface area contributed by atoms with Crippen LogP contribution in [0.2, 0.25) is 5.02 Å². The van der Waals surface area contributed by atoms with Crippen molar-refractivity contribution in [3.05, 3.63) is 100 Å². The number of hydrogen-bond acceptors (Lipinski definition) is 4. The number of halogens is 1. The van der Waals surface area contributed by atoms with E-state index in [-0.39, 0.29) is 17.3 Å². The van der Waals surface area contributed by atoms with Gasteiger partial charge in [-0.05, 0) is 42.8 Å². The molecule has 0 saturated carbocycles. The maximum absolute atomic E-state index is 12.6. The van der Waals surface area contributed by atoms with E-state index in [0.29, 0.717) is 21.7 Å². The lowest BCUT2D eigenvalue weighted by Crippen LogP contribution is -2.08. The topological polar surface area (TPSA) is 60.4 Å². The zero-order chi connectivity index (χ0) is 20.1. The van der Waals surface area contributed by atoms with Crippen LogP contribution in [-0.4, -0.2) is 14.4 Å². The Hall–Kier alpha value is -2.63. The Morgan fingerprint density at radius 2 is 1.68 bits per heavy atom. The smallest absolute Gasteiger partial charge is 0.338 e. The number of benzene rings is 3. The Bertz CT molecular complexity index is 1090. The van der Waals surface area contributed by atoms with Crippen LogP contribution >= 0.6 is 11.6 Å². The highest BCUT2D eigenvalue weighted by atomic mass is 35.5. The molecule has 0 radical (unpaired) electrons. The van der Waals surface area contributed by atoms with Crippen LogP contribution in [0.25, 0.3) is 0 Å². The maximum atomic E-state index is 12.6. The summed E-state index contributed by atoms with van der Waals surface area (Å²) in [4.78, 5) is 12.6. The zero-order valence-electron chi connectivity index (χ0n) is 15.3. The molecule has 0 unspecified atom stereocenters. The lowest BCUT2D eigenvalue weighted by Gasteiger charge is -2.09. The van der Waals surface area contributed by atoms with Gasteiger partial charge in [0, 0.05) is 10.6 Å². The monoisotopic (exact) mass is 414 g/mol. The second-order valence-corrected chi connectivity index (χ2v) is 8.84. The van der Waals surface area contributed by atoms with Gasteiger partial charge in [-0.1, -0.05) is 59.6 Å². The normalized spacial score (nSPS) is 11.2. The number of carbonyl (C=O) groups is 1. The van der Waals surface area contributed by atoms with E-state index in [1.807, 2.05) is 13.0 Å². The third kappa shape index (κ3) is 5.00. The second-order valence-electron chi connectivity index (χ2n) is 6.44. The Balaban J connectivity index is 1.72. The molecule has 0 aliphatic carbocycles. The summed E-state index contributed by atoms with van der Waals surface area (Å²) in [6, 6.07) is 20.3. The summed E-state index contributed by atoms with van der Waals surface area (Å²) in [5, 5.41) is 0.522. The van der Waals surface area contributed by atoms with E-state index in [1.54, 1.807) is 66.7 Å². The quantitative estimate of drug-likeness (QED) is 0.534. The Morgan fingerprint density at radius 1 is 0.964 bits per heavy atom. The highest BCUT2D eigenvalue weighted by molar-refractivity contribution is 7.90. The van der Waals surface area contributed by atoms with Gasteiger partial charge in [0.05, 0.1) is 16.2 Å². The molecule has 0 aliphatic heterocycles. The molecule has 0 N–H and O–H groups in total. The molecule has 0 heterocycles. The van der Waals surface area contributed by atoms with Crippen molar-refractivity contribution in [1.29, 1.82) is 0 Å². The SMILES string of the molecule is Cc1ccc(S(=O)(=O)Cc2cccc(C(=O)OCc3ccccc3Cl)c2)cc1.